The van der Waals surface area contributed by atoms with E-state index >= 15 is 0 Å². The summed E-state index contributed by atoms with van der Waals surface area (Å²) in [5, 5.41) is 7.57. The van der Waals surface area contributed by atoms with Crippen LogP contribution in [-0.2, 0) is 17.9 Å². The van der Waals surface area contributed by atoms with Gasteiger partial charge < -0.3 is 5.11 Å². The predicted octanol–water partition coefficient (Wildman–Crippen LogP) is 2.06. The van der Waals surface area contributed by atoms with E-state index in [1.165, 1.54) is 0 Å². The maximum atomic E-state index is 7.57. The summed E-state index contributed by atoms with van der Waals surface area (Å²) >= 11 is -2.24. The molecule has 0 bridgehead atoms. The Kier molecular flexibility index (Phi) is 17.5. The molecule has 0 heterocycles. The maximum absolute atomic E-state index is 7.57. The van der Waals surface area contributed by atoms with Crippen molar-refractivity contribution in [2.75, 3.05) is 6.61 Å². The number of halogens is 3. The van der Waals surface area contributed by atoms with E-state index in [2.05, 4.69) is 0 Å². The molecule has 0 fully saturated rings. The van der Waals surface area contributed by atoms with Gasteiger partial charge in [0.2, 0.25) is 0 Å². The minimum atomic E-state index is -2.24. The molecule has 0 amide bonds. The molecule has 0 radical (unpaired) electrons. The van der Waals surface area contributed by atoms with E-state index in [0.29, 0.717) is 0 Å². The molecule has 45 valence electrons. The molecule has 0 saturated heterocycles. The molecule has 0 aliphatic heterocycles. The number of hydrogen-bond donors (Lipinski definition) is 1. The summed E-state index contributed by atoms with van der Waals surface area (Å²) in [5.74, 6) is 0. The first-order valence-electron chi connectivity index (χ1n) is 1.59. The molecule has 0 aromatic carbocycles. The van der Waals surface area contributed by atoms with Crippen LogP contribution < -0.4 is 0 Å². The van der Waals surface area contributed by atoms with Crippen LogP contribution in [0.4, 0.5) is 0 Å². The number of rotatable bonds is 0. The second kappa shape index (κ2) is 10.6. The third-order valence-corrected chi connectivity index (χ3v) is 0. The van der Waals surface area contributed by atoms with Gasteiger partial charge in [-0.15, -0.1) is 0 Å². The van der Waals surface area contributed by atoms with Crippen LogP contribution >= 0.6 is 25.7 Å². The van der Waals surface area contributed by atoms with E-state index in [1.807, 2.05) is 0 Å². The van der Waals surface area contributed by atoms with Crippen molar-refractivity contribution in [3.05, 3.63) is 0 Å². The van der Waals surface area contributed by atoms with Crippen LogP contribution in [0.2, 0.25) is 0 Å². The summed E-state index contributed by atoms with van der Waals surface area (Å²) in [5.41, 5.74) is 0. The first-order valence-corrected chi connectivity index (χ1v) is 14.9. The molecule has 1 nitrogen and oxygen atoms in total. The van der Waals surface area contributed by atoms with Crippen LogP contribution in [-0.4, -0.2) is 11.7 Å². The van der Waals surface area contributed by atoms with Gasteiger partial charge in [-0.2, -0.15) is 0 Å². The summed E-state index contributed by atoms with van der Waals surface area (Å²) in [4.78, 5) is 0. The van der Waals surface area contributed by atoms with Crippen LogP contribution in [0, 0.1) is 0 Å². The van der Waals surface area contributed by atoms with Gasteiger partial charge in [0.1, 0.15) is 0 Å². The van der Waals surface area contributed by atoms with Gasteiger partial charge in [-0.3, -0.25) is 0 Å². The van der Waals surface area contributed by atoms with Crippen LogP contribution in [0.15, 0.2) is 0 Å². The second-order valence-electron chi connectivity index (χ2n) is 0.531. The fourth-order valence-electron chi connectivity index (χ4n) is 0. The van der Waals surface area contributed by atoms with E-state index in [-0.39, 0.29) is 6.61 Å². The van der Waals surface area contributed by atoms with Crippen molar-refractivity contribution in [2.45, 2.75) is 6.92 Å². The Bertz CT molecular complexity index is 24.1. The first-order chi connectivity index (χ1) is 3.15. The van der Waals surface area contributed by atoms with Gasteiger partial charge in [-0.1, -0.05) is 0 Å². The molecule has 1 N–H and O–H groups in total. The van der Waals surface area contributed by atoms with Crippen LogP contribution in [0.3, 0.4) is 0 Å². The van der Waals surface area contributed by atoms with Crippen LogP contribution in [0.5, 0.6) is 0 Å². The van der Waals surface area contributed by atoms with Crippen molar-refractivity contribution >= 4 is 25.7 Å². The number of aliphatic hydroxyl groups excluding tert-OH is 1. The van der Waals surface area contributed by atoms with Crippen molar-refractivity contribution in [3.8, 4) is 0 Å². The zero-order valence-electron chi connectivity index (χ0n) is 3.79. The zero-order chi connectivity index (χ0) is 6.28. The third kappa shape index (κ3) is 86.6. The summed E-state index contributed by atoms with van der Waals surface area (Å²) in [6.45, 7) is 1.93. The minimum absolute atomic E-state index is 0.250. The number of aliphatic hydroxyl groups is 1. The number of hydrogen-bond acceptors (Lipinski definition) is 1. The standard InChI is InChI=1S/C2H6O.3ClH.Hf/c1-2-3;;;;/h3H,2H2,1H3;3*1H;/q;;;;+3/p-3. The fraction of sp³-hybridized carbons (Fsp3) is 1.00. The molecule has 0 spiro atoms. The predicted molar refractivity (Wildman–Crippen MR) is 30.3 cm³/mol. The Labute approximate surface area is 61.8 Å². The van der Waals surface area contributed by atoms with E-state index < -0.39 is 17.9 Å². The summed E-state index contributed by atoms with van der Waals surface area (Å²) < 4.78 is 0. The SMILES string of the molecule is CCO.[Cl][Hf]([Cl])[Cl]. The van der Waals surface area contributed by atoms with Crippen molar-refractivity contribution < 1.29 is 23.0 Å². The molecular formula is C2H6Cl3HfO. The summed E-state index contributed by atoms with van der Waals surface area (Å²) in [6.07, 6.45) is 0. The van der Waals surface area contributed by atoms with E-state index in [0.717, 1.165) is 0 Å². The second-order valence-corrected chi connectivity index (χ2v) is 16.1. The van der Waals surface area contributed by atoms with Gasteiger partial charge in [-0.05, 0) is 6.92 Å². The van der Waals surface area contributed by atoms with Gasteiger partial charge in [0.05, 0.1) is 0 Å². The van der Waals surface area contributed by atoms with Gasteiger partial charge in [0.15, 0.2) is 0 Å². The normalized spacial score (nSPS) is 6.43. The van der Waals surface area contributed by atoms with Crippen LogP contribution in [0.1, 0.15) is 6.92 Å². The van der Waals surface area contributed by atoms with Crippen molar-refractivity contribution in [3.63, 3.8) is 0 Å². The average Bonchev–Trinajstić information content (AvgIpc) is 1.33. The molecule has 0 saturated carbocycles. The van der Waals surface area contributed by atoms with Crippen molar-refractivity contribution in [1.82, 2.24) is 0 Å². The third-order valence-electron chi connectivity index (χ3n) is 0. The van der Waals surface area contributed by atoms with E-state index in [9.17, 15) is 0 Å². The zero-order valence-corrected chi connectivity index (χ0v) is 9.65. The molecule has 0 aromatic heterocycles. The van der Waals surface area contributed by atoms with Gasteiger partial charge in [0.25, 0.3) is 0 Å². The summed E-state index contributed by atoms with van der Waals surface area (Å²) in [6, 6.07) is 0. The fourth-order valence-corrected chi connectivity index (χ4v) is 0. The topological polar surface area (TPSA) is 20.2 Å². The monoisotopic (exact) mass is 331 g/mol. The van der Waals surface area contributed by atoms with Crippen LogP contribution in [0.25, 0.3) is 0 Å². The Morgan fingerprint density at radius 2 is 1.43 bits per heavy atom. The van der Waals surface area contributed by atoms with E-state index in [1.54, 1.807) is 6.92 Å². The van der Waals surface area contributed by atoms with Gasteiger partial charge in [0, 0.05) is 6.61 Å². The quantitative estimate of drug-likeness (QED) is 0.674. The molecule has 0 atom stereocenters. The molecule has 0 aromatic rings. The van der Waals surface area contributed by atoms with E-state index in [4.69, 9.17) is 30.8 Å². The molecule has 0 rings (SSSR count). The molecule has 7 heavy (non-hydrogen) atoms. The molecule has 0 aliphatic rings. The Balaban J connectivity index is 0. The molecule has 0 aliphatic carbocycles. The van der Waals surface area contributed by atoms with Gasteiger partial charge >= 0.3 is 43.6 Å². The average molecular weight is 331 g/mol. The van der Waals surface area contributed by atoms with Gasteiger partial charge in [-0.25, -0.2) is 0 Å². The Morgan fingerprint density at radius 3 is 1.43 bits per heavy atom. The van der Waals surface area contributed by atoms with Crippen molar-refractivity contribution in [1.29, 1.82) is 0 Å². The Morgan fingerprint density at radius 1 is 1.43 bits per heavy atom. The molecule has 0 unspecified atom stereocenters. The molecule has 5 heteroatoms. The van der Waals surface area contributed by atoms with Crippen molar-refractivity contribution in [2.24, 2.45) is 0 Å². The Hall–Kier alpha value is 1.70. The first kappa shape index (κ1) is 11.5. The summed E-state index contributed by atoms with van der Waals surface area (Å²) in [7, 11) is 15.1. The molecular weight excluding hydrogens is 325 g/mol.